The topological polar surface area (TPSA) is 74.7 Å². The fraction of sp³-hybridized carbons (Fsp3) is 0.417. The predicted octanol–water partition coefficient (Wildman–Crippen LogP) is 1.86. The summed E-state index contributed by atoms with van der Waals surface area (Å²) in [5.41, 5.74) is -0.0615. The van der Waals surface area contributed by atoms with Crippen LogP contribution in [-0.4, -0.2) is 36.4 Å². The van der Waals surface area contributed by atoms with E-state index >= 15 is 0 Å². The molecule has 8 heteroatoms. The molecule has 20 heavy (non-hydrogen) atoms. The van der Waals surface area contributed by atoms with Gasteiger partial charge in [0.15, 0.2) is 0 Å². The molecule has 1 aliphatic heterocycles. The van der Waals surface area contributed by atoms with E-state index in [0.29, 0.717) is 6.42 Å². The molecular weight excluding hydrogens is 309 g/mol. The first-order valence-corrected chi connectivity index (χ1v) is 7.96. The Hall–Kier alpha value is -1.18. The zero-order chi connectivity index (χ0) is 14.9. The molecule has 0 bridgehead atoms. The highest BCUT2D eigenvalue weighted by Gasteiger charge is 2.38. The molecule has 0 saturated carbocycles. The van der Waals surface area contributed by atoms with Gasteiger partial charge >= 0.3 is 5.97 Å². The first kappa shape index (κ1) is 15.2. The van der Waals surface area contributed by atoms with E-state index < -0.39 is 33.6 Å². The number of carboxylic acid groups (broad SMARTS) is 1. The van der Waals surface area contributed by atoms with Crippen LogP contribution in [0.2, 0.25) is 5.02 Å². The Morgan fingerprint density at radius 2 is 2.20 bits per heavy atom. The highest BCUT2D eigenvalue weighted by molar-refractivity contribution is 7.88. The van der Waals surface area contributed by atoms with Crippen LogP contribution in [-0.2, 0) is 20.6 Å². The fourth-order valence-electron chi connectivity index (χ4n) is 2.25. The maximum Gasteiger partial charge on any atom is 0.322 e. The summed E-state index contributed by atoms with van der Waals surface area (Å²) >= 11 is 5.72. The van der Waals surface area contributed by atoms with Gasteiger partial charge in [-0.15, -0.1) is 0 Å². The smallest absolute Gasteiger partial charge is 0.322 e. The lowest BCUT2D eigenvalue weighted by Crippen LogP contribution is -2.41. The largest absolute Gasteiger partial charge is 0.480 e. The Labute approximate surface area is 121 Å². The third kappa shape index (κ3) is 3.11. The van der Waals surface area contributed by atoms with Crippen molar-refractivity contribution in [1.82, 2.24) is 4.31 Å². The number of aliphatic carboxylic acids is 1. The zero-order valence-electron chi connectivity index (χ0n) is 10.4. The Kier molecular flexibility index (Phi) is 4.31. The summed E-state index contributed by atoms with van der Waals surface area (Å²) in [7, 11) is -3.89. The lowest BCUT2D eigenvalue weighted by atomic mass is 10.2. The molecule has 5 nitrogen and oxygen atoms in total. The van der Waals surface area contributed by atoms with Crippen LogP contribution in [0.25, 0.3) is 0 Å². The van der Waals surface area contributed by atoms with Gasteiger partial charge in [0, 0.05) is 17.1 Å². The SMILES string of the molecule is O=C(O)[C@H]1CCCN1S(=O)(=O)Cc1cc(Cl)ccc1F. The summed E-state index contributed by atoms with van der Waals surface area (Å²) in [4.78, 5) is 11.0. The van der Waals surface area contributed by atoms with Gasteiger partial charge in [-0.2, -0.15) is 4.31 Å². The molecule has 0 unspecified atom stereocenters. The van der Waals surface area contributed by atoms with E-state index in [2.05, 4.69) is 0 Å². The fourth-order valence-corrected chi connectivity index (χ4v) is 4.22. The van der Waals surface area contributed by atoms with Gasteiger partial charge in [-0.1, -0.05) is 11.6 Å². The Bertz CT molecular complexity index is 634. The van der Waals surface area contributed by atoms with Crippen molar-refractivity contribution >= 4 is 27.6 Å². The molecule has 110 valence electrons. The summed E-state index contributed by atoms with van der Waals surface area (Å²) in [6, 6.07) is 2.58. The number of carboxylic acids is 1. The molecule has 0 aliphatic carbocycles. The van der Waals surface area contributed by atoms with E-state index in [1.165, 1.54) is 12.1 Å². The van der Waals surface area contributed by atoms with Gasteiger partial charge < -0.3 is 5.11 Å². The molecule has 2 rings (SSSR count). The Morgan fingerprint density at radius 3 is 2.85 bits per heavy atom. The normalized spacial score (nSPS) is 20.2. The molecule has 0 aromatic heterocycles. The van der Waals surface area contributed by atoms with Gasteiger partial charge in [0.05, 0.1) is 5.75 Å². The van der Waals surface area contributed by atoms with Crippen molar-refractivity contribution in [3.63, 3.8) is 0 Å². The second-order valence-corrected chi connectivity index (χ2v) is 6.96. The summed E-state index contributed by atoms with van der Waals surface area (Å²) in [5, 5.41) is 9.24. The molecule has 1 atom stereocenters. The van der Waals surface area contributed by atoms with Crippen molar-refractivity contribution < 1.29 is 22.7 Å². The second-order valence-electron chi connectivity index (χ2n) is 4.60. The number of halogens is 2. The highest BCUT2D eigenvalue weighted by atomic mass is 35.5. The lowest BCUT2D eigenvalue weighted by molar-refractivity contribution is -0.140. The van der Waals surface area contributed by atoms with Gasteiger partial charge in [0.25, 0.3) is 0 Å². The zero-order valence-corrected chi connectivity index (χ0v) is 12.0. The molecule has 1 aliphatic rings. The number of hydrogen-bond donors (Lipinski definition) is 1. The van der Waals surface area contributed by atoms with Crippen molar-refractivity contribution in [1.29, 1.82) is 0 Å². The van der Waals surface area contributed by atoms with Crippen LogP contribution in [0.5, 0.6) is 0 Å². The van der Waals surface area contributed by atoms with Gasteiger partial charge in [-0.3, -0.25) is 4.79 Å². The third-order valence-electron chi connectivity index (χ3n) is 3.19. The van der Waals surface area contributed by atoms with Crippen LogP contribution in [0.4, 0.5) is 4.39 Å². The van der Waals surface area contributed by atoms with E-state index in [4.69, 9.17) is 16.7 Å². The first-order valence-electron chi connectivity index (χ1n) is 5.97. The lowest BCUT2D eigenvalue weighted by Gasteiger charge is -2.21. The van der Waals surface area contributed by atoms with Crippen molar-refractivity contribution in [3.8, 4) is 0 Å². The van der Waals surface area contributed by atoms with Gasteiger partial charge in [0.1, 0.15) is 11.9 Å². The van der Waals surface area contributed by atoms with Crippen LogP contribution in [0.15, 0.2) is 18.2 Å². The second kappa shape index (κ2) is 5.67. The van der Waals surface area contributed by atoms with E-state index in [-0.39, 0.29) is 23.6 Å². The molecule has 1 heterocycles. The van der Waals surface area contributed by atoms with Gasteiger partial charge in [-0.25, -0.2) is 12.8 Å². The first-order chi connectivity index (χ1) is 9.31. The Balaban J connectivity index is 2.27. The predicted molar refractivity (Wildman–Crippen MR) is 71.4 cm³/mol. The van der Waals surface area contributed by atoms with E-state index in [9.17, 15) is 17.6 Å². The number of benzene rings is 1. The van der Waals surface area contributed by atoms with Crippen LogP contribution < -0.4 is 0 Å². The minimum absolute atomic E-state index is 0.0615. The standard InChI is InChI=1S/C12H13ClFNO4S/c13-9-3-4-10(14)8(6-9)7-20(18,19)15-5-1-2-11(15)12(16)17/h3-4,6,11H,1-2,5,7H2,(H,16,17)/t11-/m1/s1. The quantitative estimate of drug-likeness (QED) is 0.918. The minimum Gasteiger partial charge on any atom is -0.480 e. The van der Waals surface area contributed by atoms with Crippen molar-refractivity contribution in [2.24, 2.45) is 0 Å². The van der Waals surface area contributed by atoms with E-state index in [1.54, 1.807) is 0 Å². The molecule has 0 spiro atoms. The molecular formula is C12H13ClFNO4S. The Morgan fingerprint density at radius 1 is 1.50 bits per heavy atom. The highest BCUT2D eigenvalue weighted by Crippen LogP contribution is 2.25. The van der Waals surface area contributed by atoms with Crippen molar-refractivity contribution in [2.45, 2.75) is 24.6 Å². The van der Waals surface area contributed by atoms with Crippen LogP contribution in [0.3, 0.4) is 0 Å². The third-order valence-corrected chi connectivity index (χ3v) is 5.25. The average Bonchev–Trinajstić information content (AvgIpc) is 2.83. The molecule has 1 fully saturated rings. The number of carbonyl (C=O) groups is 1. The maximum absolute atomic E-state index is 13.6. The molecule has 0 radical (unpaired) electrons. The maximum atomic E-state index is 13.6. The van der Waals surface area contributed by atoms with Crippen LogP contribution in [0.1, 0.15) is 18.4 Å². The average molecular weight is 322 g/mol. The number of sulfonamides is 1. The van der Waals surface area contributed by atoms with Crippen molar-refractivity contribution in [3.05, 3.63) is 34.6 Å². The van der Waals surface area contributed by atoms with Crippen LogP contribution in [0, 0.1) is 5.82 Å². The minimum atomic E-state index is -3.89. The van der Waals surface area contributed by atoms with E-state index in [1.807, 2.05) is 0 Å². The molecule has 1 aromatic carbocycles. The molecule has 1 saturated heterocycles. The van der Waals surface area contributed by atoms with Crippen LogP contribution >= 0.6 is 11.6 Å². The number of nitrogens with zero attached hydrogens (tertiary/aromatic N) is 1. The van der Waals surface area contributed by atoms with Gasteiger partial charge in [0.2, 0.25) is 10.0 Å². The summed E-state index contributed by atoms with van der Waals surface area (Å²) in [5.74, 6) is -2.45. The van der Waals surface area contributed by atoms with E-state index in [0.717, 1.165) is 10.4 Å². The van der Waals surface area contributed by atoms with Gasteiger partial charge in [-0.05, 0) is 31.0 Å². The van der Waals surface area contributed by atoms with Crippen molar-refractivity contribution in [2.75, 3.05) is 6.54 Å². The summed E-state index contributed by atoms with van der Waals surface area (Å²) in [6.07, 6.45) is 0.751. The molecule has 1 N–H and O–H groups in total. The number of hydrogen-bond acceptors (Lipinski definition) is 3. The summed E-state index contributed by atoms with van der Waals surface area (Å²) < 4.78 is 39.0. The summed E-state index contributed by atoms with van der Waals surface area (Å²) in [6.45, 7) is 0.140. The monoisotopic (exact) mass is 321 g/mol. The molecule has 0 amide bonds. The number of rotatable bonds is 4. The molecule has 1 aromatic rings.